The SMILES string of the molecule is O=C(OF)c1ccc2ccccc2c1O. The lowest BCUT2D eigenvalue weighted by molar-refractivity contribution is -0.0789. The van der Waals surface area contributed by atoms with Crippen molar-refractivity contribution in [1.29, 1.82) is 0 Å². The van der Waals surface area contributed by atoms with Gasteiger partial charge in [-0.1, -0.05) is 30.3 Å². The number of carbonyl (C=O) groups is 1. The molecule has 15 heavy (non-hydrogen) atoms. The fraction of sp³-hybridized carbons (Fsp3) is 0. The first kappa shape index (κ1) is 9.45. The number of hydrogen-bond donors (Lipinski definition) is 1. The summed E-state index contributed by atoms with van der Waals surface area (Å²) in [6.45, 7) is 0. The van der Waals surface area contributed by atoms with Gasteiger partial charge >= 0.3 is 5.97 Å². The van der Waals surface area contributed by atoms with Crippen molar-refractivity contribution >= 4 is 16.7 Å². The van der Waals surface area contributed by atoms with Gasteiger partial charge in [-0.2, -0.15) is 0 Å². The standard InChI is InChI=1S/C11H7FO3/c12-15-11(14)9-6-5-7-3-1-2-4-8(7)10(9)13/h1-6,13H. The Bertz CT molecular complexity index is 522. The molecule has 0 fully saturated rings. The predicted molar refractivity (Wildman–Crippen MR) is 52.1 cm³/mol. The predicted octanol–water partition coefficient (Wildman–Crippen LogP) is 2.59. The minimum absolute atomic E-state index is 0.184. The molecule has 0 saturated heterocycles. The second kappa shape index (κ2) is 3.57. The molecule has 4 heteroatoms. The van der Waals surface area contributed by atoms with Crippen LogP contribution in [0.2, 0.25) is 0 Å². The molecule has 2 aromatic rings. The van der Waals surface area contributed by atoms with Crippen molar-refractivity contribution in [2.24, 2.45) is 0 Å². The highest BCUT2D eigenvalue weighted by Gasteiger charge is 2.15. The van der Waals surface area contributed by atoms with Gasteiger partial charge in [0.05, 0.1) is 0 Å². The number of benzene rings is 2. The highest BCUT2D eigenvalue weighted by molar-refractivity contribution is 6.00. The smallest absolute Gasteiger partial charge is 0.383 e. The topological polar surface area (TPSA) is 46.5 Å². The second-order valence-corrected chi connectivity index (χ2v) is 3.05. The average Bonchev–Trinajstić information content (AvgIpc) is 2.29. The molecule has 0 atom stereocenters. The Morgan fingerprint density at radius 2 is 1.93 bits per heavy atom. The van der Waals surface area contributed by atoms with Crippen LogP contribution in [0.15, 0.2) is 36.4 Å². The fourth-order valence-electron chi connectivity index (χ4n) is 1.46. The van der Waals surface area contributed by atoms with Gasteiger partial charge in [0.15, 0.2) is 0 Å². The van der Waals surface area contributed by atoms with Crippen molar-refractivity contribution in [3.63, 3.8) is 0 Å². The molecule has 1 N–H and O–H groups in total. The van der Waals surface area contributed by atoms with E-state index >= 15 is 0 Å². The maximum atomic E-state index is 11.7. The van der Waals surface area contributed by atoms with Crippen LogP contribution in [0.25, 0.3) is 10.8 Å². The van der Waals surface area contributed by atoms with Crippen molar-refractivity contribution < 1.29 is 19.4 Å². The lowest BCUT2D eigenvalue weighted by atomic mass is 10.1. The van der Waals surface area contributed by atoms with Gasteiger partial charge in [0.1, 0.15) is 11.3 Å². The zero-order valence-corrected chi connectivity index (χ0v) is 7.61. The van der Waals surface area contributed by atoms with Crippen molar-refractivity contribution in [3.8, 4) is 5.75 Å². The molecule has 0 amide bonds. The van der Waals surface area contributed by atoms with Crippen molar-refractivity contribution in [1.82, 2.24) is 0 Å². The van der Waals surface area contributed by atoms with Crippen molar-refractivity contribution in [3.05, 3.63) is 42.0 Å². The highest BCUT2D eigenvalue weighted by Crippen LogP contribution is 2.28. The first-order valence-corrected chi connectivity index (χ1v) is 4.27. The van der Waals surface area contributed by atoms with Gasteiger partial charge in [-0.3, -0.25) is 0 Å². The molecule has 0 aliphatic carbocycles. The van der Waals surface area contributed by atoms with E-state index in [9.17, 15) is 14.4 Å². The molecule has 0 aliphatic rings. The quantitative estimate of drug-likeness (QED) is 0.779. The van der Waals surface area contributed by atoms with Gasteiger partial charge in [-0.05, 0) is 11.5 Å². The van der Waals surface area contributed by atoms with Crippen LogP contribution < -0.4 is 0 Å². The Labute approximate surface area is 84.6 Å². The number of fused-ring (bicyclic) bond motifs is 1. The van der Waals surface area contributed by atoms with E-state index in [4.69, 9.17) is 0 Å². The Balaban J connectivity index is 2.70. The average molecular weight is 206 g/mol. The van der Waals surface area contributed by atoms with E-state index in [1.165, 1.54) is 6.07 Å². The molecule has 0 spiro atoms. The van der Waals surface area contributed by atoms with Crippen LogP contribution >= 0.6 is 0 Å². The van der Waals surface area contributed by atoms with E-state index in [0.717, 1.165) is 5.39 Å². The van der Waals surface area contributed by atoms with Crippen LogP contribution in [0.1, 0.15) is 10.4 Å². The molecule has 2 rings (SSSR count). The van der Waals surface area contributed by atoms with Crippen LogP contribution in [-0.4, -0.2) is 11.1 Å². The normalized spacial score (nSPS) is 10.2. The molecular weight excluding hydrogens is 199 g/mol. The van der Waals surface area contributed by atoms with Gasteiger partial charge < -0.3 is 5.11 Å². The van der Waals surface area contributed by atoms with Crippen molar-refractivity contribution in [2.45, 2.75) is 0 Å². The minimum atomic E-state index is -1.20. The second-order valence-electron chi connectivity index (χ2n) is 3.05. The van der Waals surface area contributed by atoms with E-state index in [2.05, 4.69) is 4.94 Å². The Kier molecular flexibility index (Phi) is 2.25. The summed E-state index contributed by atoms with van der Waals surface area (Å²) in [6.07, 6.45) is 0. The summed E-state index contributed by atoms with van der Waals surface area (Å²) in [5, 5.41) is 10.9. The van der Waals surface area contributed by atoms with E-state index in [-0.39, 0.29) is 11.3 Å². The monoisotopic (exact) mass is 206 g/mol. The van der Waals surface area contributed by atoms with Crippen LogP contribution in [-0.2, 0) is 4.94 Å². The largest absolute Gasteiger partial charge is 0.506 e. The van der Waals surface area contributed by atoms with Gasteiger partial charge in [0, 0.05) is 9.91 Å². The van der Waals surface area contributed by atoms with E-state index in [1.807, 2.05) is 0 Å². The molecule has 0 bridgehead atoms. The summed E-state index contributed by atoms with van der Waals surface area (Å²) in [5.74, 6) is -1.46. The van der Waals surface area contributed by atoms with Gasteiger partial charge in [0.2, 0.25) is 0 Å². The van der Waals surface area contributed by atoms with Crippen LogP contribution in [0.3, 0.4) is 0 Å². The fourth-order valence-corrected chi connectivity index (χ4v) is 1.46. The number of phenols is 1. The molecular formula is C11H7FO3. The summed E-state index contributed by atoms with van der Waals surface area (Å²) < 4.78 is 11.7. The molecule has 0 unspecified atom stereocenters. The molecule has 3 nitrogen and oxygen atoms in total. The van der Waals surface area contributed by atoms with Gasteiger partial charge in [0.25, 0.3) is 0 Å². The third-order valence-electron chi connectivity index (χ3n) is 2.19. The first-order chi connectivity index (χ1) is 7.24. The molecule has 2 aromatic carbocycles. The molecule has 76 valence electrons. The molecule has 0 radical (unpaired) electrons. The van der Waals surface area contributed by atoms with Gasteiger partial charge in [-0.15, -0.1) is 0 Å². The molecule has 0 heterocycles. The molecule has 0 aliphatic heterocycles. The van der Waals surface area contributed by atoms with Gasteiger partial charge in [-0.25, -0.2) is 9.74 Å². The Morgan fingerprint density at radius 3 is 2.67 bits per heavy atom. The van der Waals surface area contributed by atoms with E-state index < -0.39 is 5.97 Å². The Morgan fingerprint density at radius 1 is 1.20 bits per heavy atom. The zero-order valence-electron chi connectivity index (χ0n) is 7.61. The maximum Gasteiger partial charge on any atom is 0.383 e. The number of rotatable bonds is 1. The van der Waals surface area contributed by atoms with Crippen LogP contribution in [0.5, 0.6) is 5.75 Å². The molecule has 0 saturated carbocycles. The Hall–Kier alpha value is -2.10. The lowest BCUT2D eigenvalue weighted by Crippen LogP contribution is -1.99. The van der Waals surface area contributed by atoms with E-state index in [0.29, 0.717) is 5.39 Å². The third kappa shape index (κ3) is 1.50. The number of phenolic OH excluding ortho intramolecular Hbond substituents is 1. The third-order valence-corrected chi connectivity index (χ3v) is 2.19. The number of aromatic hydroxyl groups is 1. The summed E-state index contributed by atoms with van der Waals surface area (Å²) in [5.41, 5.74) is -0.184. The lowest BCUT2D eigenvalue weighted by Gasteiger charge is -2.03. The number of carbonyl (C=O) groups excluding carboxylic acids is 1. The number of halogens is 1. The highest BCUT2D eigenvalue weighted by atomic mass is 19.3. The van der Waals surface area contributed by atoms with Crippen molar-refractivity contribution in [2.75, 3.05) is 0 Å². The van der Waals surface area contributed by atoms with E-state index in [1.54, 1.807) is 30.3 Å². The summed E-state index contributed by atoms with van der Waals surface area (Å²) in [6, 6.07) is 9.86. The number of hydrogen-bond acceptors (Lipinski definition) is 3. The van der Waals surface area contributed by atoms with Crippen LogP contribution in [0.4, 0.5) is 4.53 Å². The first-order valence-electron chi connectivity index (χ1n) is 4.27. The minimum Gasteiger partial charge on any atom is -0.506 e. The maximum absolute atomic E-state index is 11.7. The zero-order chi connectivity index (χ0) is 10.8. The molecule has 0 aromatic heterocycles. The van der Waals surface area contributed by atoms with Crippen LogP contribution in [0, 0.1) is 0 Å². The summed E-state index contributed by atoms with van der Waals surface area (Å²) >= 11 is 0. The summed E-state index contributed by atoms with van der Waals surface area (Å²) in [4.78, 5) is 14.0. The summed E-state index contributed by atoms with van der Waals surface area (Å²) in [7, 11) is 0.